The maximum absolute atomic E-state index is 11.2. The molecule has 0 atom stereocenters. The van der Waals surface area contributed by atoms with Crippen molar-refractivity contribution >= 4 is 15.7 Å². The second kappa shape index (κ2) is 17.1. The SMILES string of the molecule is C=C(C)C(=O)OCCCCC[SiH2]OC(OCCCC)OCCCC. The lowest BCUT2D eigenvalue weighted by Gasteiger charge is -2.19. The van der Waals surface area contributed by atoms with Crippen molar-refractivity contribution < 1.29 is 23.4 Å². The molecule has 0 aliphatic heterocycles. The second-order valence-electron chi connectivity index (χ2n) is 5.94. The average molecular weight is 361 g/mol. The average Bonchev–Trinajstić information content (AvgIpc) is 2.56. The molecule has 0 aromatic carbocycles. The number of carbonyl (C=O) groups excluding carboxylic acids is 1. The molecular weight excluding hydrogens is 324 g/mol. The molecule has 0 rings (SSSR count). The van der Waals surface area contributed by atoms with Gasteiger partial charge < -0.3 is 18.6 Å². The normalized spacial score (nSPS) is 11.5. The molecule has 0 heterocycles. The van der Waals surface area contributed by atoms with Crippen molar-refractivity contribution in [3.63, 3.8) is 0 Å². The molecular formula is C18H36O5Si. The van der Waals surface area contributed by atoms with Crippen LogP contribution in [0.3, 0.4) is 0 Å². The maximum Gasteiger partial charge on any atom is 0.333 e. The molecule has 0 saturated carbocycles. The fourth-order valence-corrected chi connectivity index (χ4v) is 2.93. The van der Waals surface area contributed by atoms with Crippen molar-refractivity contribution in [3.8, 4) is 0 Å². The smallest absolute Gasteiger partial charge is 0.333 e. The molecule has 0 N–H and O–H groups in total. The number of hydrogen-bond acceptors (Lipinski definition) is 5. The van der Waals surface area contributed by atoms with E-state index in [1.54, 1.807) is 6.92 Å². The molecule has 142 valence electrons. The van der Waals surface area contributed by atoms with Crippen LogP contribution in [-0.4, -0.2) is 42.0 Å². The van der Waals surface area contributed by atoms with Gasteiger partial charge in [0.25, 0.3) is 6.48 Å². The van der Waals surface area contributed by atoms with E-state index in [1.165, 1.54) is 0 Å². The first kappa shape index (κ1) is 23.3. The lowest BCUT2D eigenvalue weighted by molar-refractivity contribution is -0.248. The van der Waals surface area contributed by atoms with E-state index in [9.17, 15) is 4.79 Å². The van der Waals surface area contributed by atoms with Crippen LogP contribution in [0.25, 0.3) is 0 Å². The summed E-state index contributed by atoms with van der Waals surface area (Å²) in [6.45, 7) is 10.9. The van der Waals surface area contributed by atoms with Gasteiger partial charge in [-0.05, 0) is 32.2 Å². The van der Waals surface area contributed by atoms with Gasteiger partial charge in [-0.15, -0.1) is 0 Å². The molecule has 0 aromatic rings. The zero-order valence-corrected chi connectivity index (χ0v) is 17.2. The number of unbranched alkanes of at least 4 members (excludes halogenated alkanes) is 4. The molecule has 0 unspecified atom stereocenters. The minimum Gasteiger partial charge on any atom is -0.462 e. The molecule has 0 bridgehead atoms. The Hall–Kier alpha value is -0.693. The lowest BCUT2D eigenvalue weighted by Crippen LogP contribution is -2.24. The molecule has 0 saturated heterocycles. The Morgan fingerprint density at radius 2 is 1.58 bits per heavy atom. The van der Waals surface area contributed by atoms with Gasteiger partial charge in [0, 0.05) is 5.57 Å². The molecule has 0 aromatic heterocycles. The molecule has 0 spiro atoms. The highest BCUT2D eigenvalue weighted by Crippen LogP contribution is 2.06. The fraction of sp³-hybridized carbons (Fsp3) is 0.833. The summed E-state index contributed by atoms with van der Waals surface area (Å²) in [6.07, 6.45) is 7.29. The standard InChI is InChI=1S/C18H36O5Si/c1-5-7-12-21-18(22-13-8-6-2)23-24-15-11-9-10-14-20-17(19)16(3)4/h18H,3,5-15,24H2,1-2,4H3. The maximum atomic E-state index is 11.2. The van der Waals surface area contributed by atoms with Crippen molar-refractivity contribution in [2.45, 2.75) is 78.2 Å². The molecule has 6 heteroatoms. The van der Waals surface area contributed by atoms with Gasteiger partial charge in [-0.2, -0.15) is 0 Å². The first-order chi connectivity index (χ1) is 11.6. The number of ether oxygens (including phenoxy) is 3. The Kier molecular flexibility index (Phi) is 16.6. The van der Waals surface area contributed by atoms with Crippen LogP contribution in [0.2, 0.25) is 6.04 Å². The highest BCUT2D eigenvalue weighted by Gasteiger charge is 2.09. The molecule has 0 fully saturated rings. The van der Waals surface area contributed by atoms with Crippen molar-refractivity contribution in [1.29, 1.82) is 0 Å². The van der Waals surface area contributed by atoms with Crippen LogP contribution in [0.15, 0.2) is 12.2 Å². The Morgan fingerprint density at radius 1 is 0.958 bits per heavy atom. The summed E-state index contributed by atoms with van der Waals surface area (Å²) in [6, 6.07) is 1.08. The minimum atomic E-state index is -0.639. The van der Waals surface area contributed by atoms with E-state index >= 15 is 0 Å². The molecule has 0 aliphatic rings. The van der Waals surface area contributed by atoms with Gasteiger partial charge in [-0.1, -0.05) is 46.1 Å². The number of esters is 1. The van der Waals surface area contributed by atoms with E-state index in [1.807, 2.05) is 0 Å². The van der Waals surface area contributed by atoms with E-state index in [-0.39, 0.29) is 5.97 Å². The molecule has 5 nitrogen and oxygen atoms in total. The van der Waals surface area contributed by atoms with Crippen molar-refractivity contribution in [3.05, 3.63) is 12.2 Å². The van der Waals surface area contributed by atoms with Crippen LogP contribution in [0.1, 0.15) is 65.7 Å². The van der Waals surface area contributed by atoms with Crippen LogP contribution >= 0.6 is 0 Å². The van der Waals surface area contributed by atoms with E-state index in [2.05, 4.69) is 20.4 Å². The van der Waals surface area contributed by atoms with Gasteiger partial charge in [-0.25, -0.2) is 4.79 Å². The number of rotatable bonds is 17. The summed E-state index contributed by atoms with van der Waals surface area (Å²) >= 11 is 0. The zero-order chi connectivity index (χ0) is 18.0. The van der Waals surface area contributed by atoms with Gasteiger partial charge in [0.1, 0.15) is 0 Å². The second-order valence-corrected chi connectivity index (χ2v) is 7.39. The van der Waals surface area contributed by atoms with Crippen LogP contribution in [0, 0.1) is 0 Å². The predicted molar refractivity (Wildman–Crippen MR) is 99.6 cm³/mol. The monoisotopic (exact) mass is 360 g/mol. The van der Waals surface area contributed by atoms with Crippen LogP contribution < -0.4 is 0 Å². The first-order valence-corrected chi connectivity index (χ1v) is 10.9. The van der Waals surface area contributed by atoms with Gasteiger partial charge in [0.15, 0.2) is 9.76 Å². The summed E-state index contributed by atoms with van der Waals surface area (Å²) < 4.78 is 22.2. The zero-order valence-electron chi connectivity index (χ0n) is 15.8. The Morgan fingerprint density at radius 3 is 2.12 bits per heavy atom. The fourth-order valence-electron chi connectivity index (χ4n) is 1.82. The van der Waals surface area contributed by atoms with Crippen molar-refractivity contribution in [2.75, 3.05) is 19.8 Å². The summed E-state index contributed by atoms with van der Waals surface area (Å²) in [5.74, 6) is -0.302. The summed E-state index contributed by atoms with van der Waals surface area (Å²) in [4.78, 5) is 11.2. The third-order valence-corrected chi connectivity index (χ3v) is 4.67. The van der Waals surface area contributed by atoms with Crippen LogP contribution in [0.4, 0.5) is 0 Å². The minimum absolute atomic E-state index is 0.302. The van der Waals surface area contributed by atoms with Gasteiger partial charge in [0.05, 0.1) is 19.8 Å². The van der Waals surface area contributed by atoms with Crippen LogP contribution in [-0.2, 0) is 23.4 Å². The topological polar surface area (TPSA) is 54.0 Å². The van der Waals surface area contributed by atoms with E-state index in [0.717, 1.165) is 51.0 Å². The predicted octanol–water partition coefficient (Wildman–Crippen LogP) is 3.71. The third kappa shape index (κ3) is 14.9. The molecule has 0 aliphatic carbocycles. The first-order valence-electron chi connectivity index (χ1n) is 9.29. The summed E-state index contributed by atoms with van der Waals surface area (Å²) in [5, 5.41) is 0. The van der Waals surface area contributed by atoms with Crippen molar-refractivity contribution in [2.24, 2.45) is 0 Å². The number of hydrogen-bond donors (Lipinski definition) is 0. The highest BCUT2D eigenvalue weighted by atomic mass is 28.2. The summed E-state index contributed by atoms with van der Waals surface area (Å²) in [7, 11) is -0.639. The van der Waals surface area contributed by atoms with E-state index < -0.39 is 16.2 Å². The Labute approximate surface area is 150 Å². The van der Waals surface area contributed by atoms with Gasteiger partial charge >= 0.3 is 5.97 Å². The van der Waals surface area contributed by atoms with E-state index in [4.69, 9.17) is 18.6 Å². The van der Waals surface area contributed by atoms with Crippen molar-refractivity contribution in [1.82, 2.24) is 0 Å². The molecule has 0 radical (unpaired) electrons. The molecule has 0 amide bonds. The third-order valence-electron chi connectivity index (χ3n) is 3.38. The van der Waals surface area contributed by atoms with Gasteiger partial charge in [-0.3, -0.25) is 0 Å². The number of carbonyl (C=O) groups is 1. The highest BCUT2D eigenvalue weighted by molar-refractivity contribution is 6.27. The Bertz CT molecular complexity index is 313. The summed E-state index contributed by atoms with van der Waals surface area (Å²) in [5.41, 5.74) is 0.452. The van der Waals surface area contributed by atoms with Gasteiger partial charge in [0.2, 0.25) is 0 Å². The Balaban J connectivity index is 3.62. The largest absolute Gasteiger partial charge is 0.462 e. The van der Waals surface area contributed by atoms with Crippen LogP contribution in [0.5, 0.6) is 0 Å². The van der Waals surface area contributed by atoms with E-state index in [0.29, 0.717) is 25.4 Å². The quantitative estimate of drug-likeness (QED) is 0.130. The lowest BCUT2D eigenvalue weighted by atomic mass is 10.3. The molecule has 24 heavy (non-hydrogen) atoms.